The first-order chi connectivity index (χ1) is 19.2. The number of aryl methyl sites for hydroxylation is 3. The molecule has 1 atom stereocenters. The van der Waals surface area contributed by atoms with Crippen molar-refractivity contribution in [3.05, 3.63) is 87.1 Å². The largest absolute Gasteiger partial charge is 0.356 e. The van der Waals surface area contributed by atoms with Crippen LogP contribution in [-0.2, 0) is 6.42 Å². The van der Waals surface area contributed by atoms with E-state index in [1.807, 2.05) is 45.0 Å². The first-order valence-electron chi connectivity index (χ1n) is 14.0. The number of fused-ring (bicyclic) bond motifs is 1. The van der Waals surface area contributed by atoms with Gasteiger partial charge in [0.25, 0.3) is 11.8 Å². The van der Waals surface area contributed by atoms with Crippen LogP contribution in [0.2, 0.25) is 5.02 Å². The van der Waals surface area contributed by atoms with E-state index < -0.39 is 5.82 Å². The molecule has 0 radical (unpaired) electrons. The van der Waals surface area contributed by atoms with Crippen LogP contribution in [0, 0.1) is 25.6 Å². The number of carbonyl (C=O) groups is 2. The van der Waals surface area contributed by atoms with Gasteiger partial charge in [0.1, 0.15) is 17.5 Å². The standard InChI is InChI=1S/C31H35ClFN5O2/c1-4-38(31(40)24-6-5-7-26(33)29(24)32)27-11-10-22-8-9-23(17-25(22)27)30(39)34-18-21-12-14-37(15-13-21)28-16-19(2)35-20(3)36-28/h5-9,16-17,21,27H,4,10-15,18H2,1-3H3,(H,34,39). The van der Waals surface area contributed by atoms with Crippen molar-refractivity contribution in [3.63, 3.8) is 0 Å². The van der Waals surface area contributed by atoms with Gasteiger partial charge in [-0.1, -0.05) is 23.7 Å². The highest BCUT2D eigenvalue weighted by molar-refractivity contribution is 6.34. The van der Waals surface area contributed by atoms with Crippen LogP contribution < -0.4 is 10.2 Å². The SMILES string of the molecule is CCN(C(=O)c1cccc(F)c1Cl)C1CCc2ccc(C(=O)NCC3CCN(c4cc(C)nc(C)n4)CC3)cc21. The Morgan fingerprint density at radius 2 is 1.88 bits per heavy atom. The number of rotatable bonds is 7. The van der Waals surface area contributed by atoms with Gasteiger partial charge < -0.3 is 15.1 Å². The van der Waals surface area contributed by atoms with E-state index in [1.54, 1.807) is 11.0 Å². The molecule has 1 aromatic heterocycles. The Balaban J connectivity index is 1.22. The summed E-state index contributed by atoms with van der Waals surface area (Å²) in [5.41, 5.74) is 3.81. The third-order valence-corrected chi connectivity index (χ3v) is 8.44. The van der Waals surface area contributed by atoms with Gasteiger partial charge in [0.2, 0.25) is 0 Å². The highest BCUT2D eigenvalue weighted by atomic mass is 35.5. The second-order valence-corrected chi connectivity index (χ2v) is 11.1. The van der Waals surface area contributed by atoms with Gasteiger partial charge in [-0.3, -0.25) is 9.59 Å². The van der Waals surface area contributed by atoms with Crippen LogP contribution >= 0.6 is 11.6 Å². The second-order valence-electron chi connectivity index (χ2n) is 10.7. The zero-order valence-electron chi connectivity index (χ0n) is 23.2. The lowest BCUT2D eigenvalue weighted by atomic mass is 9.96. The molecule has 2 amide bonds. The fourth-order valence-electron chi connectivity index (χ4n) is 5.94. The summed E-state index contributed by atoms with van der Waals surface area (Å²) in [6, 6.07) is 11.9. The van der Waals surface area contributed by atoms with Crippen LogP contribution in [0.5, 0.6) is 0 Å². The molecular weight excluding hydrogens is 529 g/mol. The monoisotopic (exact) mass is 563 g/mol. The summed E-state index contributed by atoms with van der Waals surface area (Å²) >= 11 is 6.13. The van der Waals surface area contributed by atoms with Crippen LogP contribution in [0.3, 0.4) is 0 Å². The van der Waals surface area contributed by atoms with Crippen molar-refractivity contribution < 1.29 is 14.0 Å². The maximum Gasteiger partial charge on any atom is 0.255 e. The maximum absolute atomic E-state index is 14.0. The topological polar surface area (TPSA) is 78.4 Å². The van der Waals surface area contributed by atoms with Crippen molar-refractivity contribution in [3.8, 4) is 0 Å². The van der Waals surface area contributed by atoms with Crippen molar-refractivity contribution in [2.24, 2.45) is 5.92 Å². The van der Waals surface area contributed by atoms with E-state index in [9.17, 15) is 14.0 Å². The van der Waals surface area contributed by atoms with Crippen molar-refractivity contribution in [2.75, 3.05) is 31.1 Å². The highest BCUT2D eigenvalue weighted by Gasteiger charge is 2.32. The fraction of sp³-hybridized carbons (Fsp3) is 0.419. The molecule has 1 unspecified atom stereocenters. The van der Waals surface area contributed by atoms with Gasteiger partial charge in [0.15, 0.2) is 0 Å². The molecule has 210 valence electrons. The Morgan fingerprint density at radius 1 is 1.10 bits per heavy atom. The lowest BCUT2D eigenvalue weighted by Crippen LogP contribution is -2.39. The molecule has 0 saturated carbocycles. The van der Waals surface area contributed by atoms with E-state index in [4.69, 9.17) is 11.6 Å². The van der Waals surface area contributed by atoms with E-state index in [2.05, 4.69) is 20.2 Å². The predicted octanol–water partition coefficient (Wildman–Crippen LogP) is 5.68. The maximum atomic E-state index is 14.0. The Labute approximate surface area is 239 Å². The Hall–Kier alpha value is -3.52. The molecule has 7 nitrogen and oxygen atoms in total. The molecule has 1 fully saturated rings. The minimum absolute atomic E-state index is 0.111. The Morgan fingerprint density at radius 3 is 2.60 bits per heavy atom. The molecule has 0 bridgehead atoms. The number of carbonyl (C=O) groups excluding carboxylic acids is 2. The van der Waals surface area contributed by atoms with Gasteiger partial charge in [0, 0.05) is 43.5 Å². The normalized spacial score (nSPS) is 17.0. The molecule has 1 saturated heterocycles. The molecule has 0 spiro atoms. The number of hydrogen-bond donors (Lipinski definition) is 1. The van der Waals surface area contributed by atoms with Crippen LogP contribution in [0.25, 0.3) is 0 Å². The summed E-state index contributed by atoms with van der Waals surface area (Å²) < 4.78 is 14.0. The minimum atomic E-state index is -0.612. The quantitative estimate of drug-likeness (QED) is 0.400. The number of piperidine rings is 1. The molecule has 1 aliphatic heterocycles. The third kappa shape index (κ3) is 5.82. The lowest BCUT2D eigenvalue weighted by Gasteiger charge is -2.33. The fourth-order valence-corrected chi connectivity index (χ4v) is 6.15. The summed E-state index contributed by atoms with van der Waals surface area (Å²) in [6.45, 7) is 8.65. The Kier molecular flexibility index (Phi) is 8.35. The molecule has 2 aromatic carbocycles. The van der Waals surface area contributed by atoms with Gasteiger partial charge in [-0.2, -0.15) is 0 Å². The second kappa shape index (κ2) is 11.9. The van der Waals surface area contributed by atoms with Crippen LogP contribution in [0.4, 0.5) is 10.2 Å². The van der Waals surface area contributed by atoms with Crippen molar-refractivity contribution >= 4 is 29.2 Å². The molecular formula is C31H35ClFN5O2. The molecule has 2 heterocycles. The zero-order chi connectivity index (χ0) is 28.4. The average Bonchev–Trinajstić information content (AvgIpc) is 3.36. The van der Waals surface area contributed by atoms with Crippen LogP contribution in [-0.4, -0.2) is 52.9 Å². The van der Waals surface area contributed by atoms with E-state index in [0.29, 0.717) is 24.6 Å². The number of benzene rings is 2. The van der Waals surface area contributed by atoms with Gasteiger partial charge >= 0.3 is 0 Å². The van der Waals surface area contributed by atoms with Crippen molar-refractivity contribution in [1.82, 2.24) is 20.2 Å². The number of halogens is 2. The van der Waals surface area contributed by atoms with Gasteiger partial charge in [-0.05, 0) is 87.8 Å². The van der Waals surface area contributed by atoms with Gasteiger partial charge in [-0.15, -0.1) is 0 Å². The van der Waals surface area contributed by atoms with E-state index in [1.165, 1.54) is 12.1 Å². The van der Waals surface area contributed by atoms with Gasteiger partial charge in [-0.25, -0.2) is 14.4 Å². The lowest BCUT2D eigenvalue weighted by molar-refractivity contribution is 0.0687. The summed E-state index contributed by atoms with van der Waals surface area (Å²) in [4.78, 5) is 39.5. The predicted molar refractivity (Wildman–Crippen MR) is 154 cm³/mol. The van der Waals surface area contributed by atoms with Crippen molar-refractivity contribution in [1.29, 1.82) is 0 Å². The number of hydrogen-bond acceptors (Lipinski definition) is 5. The van der Waals surface area contributed by atoms with E-state index >= 15 is 0 Å². The van der Waals surface area contributed by atoms with Crippen LogP contribution in [0.15, 0.2) is 42.5 Å². The molecule has 2 aliphatic rings. The first-order valence-corrected chi connectivity index (χ1v) is 14.4. The molecule has 9 heteroatoms. The van der Waals surface area contributed by atoms with Crippen molar-refractivity contribution in [2.45, 2.75) is 52.5 Å². The summed E-state index contributed by atoms with van der Waals surface area (Å²) in [6.07, 6.45) is 3.51. The number of aromatic nitrogens is 2. The number of anilines is 1. The molecule has 3 aromatic rings. The first kappa shape index (κ1) is 28.0. The summed E-state index contributed by atoms with van der Waals surface area (Å²) in [5.74, 6) is 1.12. The number of amides is 2. The van der Waals surface area contributed by atoms with E-state index in [-0.39, 0.29) is 28.4 Å². The number of nitrogens with one attached hydrogen (secondary N) is 1. The third-order valence-electron chi connectivity index (χ3n) is 8.06. The average molecular weight is 564 g/mol. The molecule has 1 N–H and O–H groups in total. The smallest absolute Gasteiger partial charge is 0.255 e. The Bertz CT molecular complexity index is 1400. The minimum Gasteiger partial charge on any atom is -0.356 e. The molecule has 1 aliphatic carbocycles. The van der Waals surface area contributed by atoms with Crippen LogP contribution in [0.1, 0.15) is 75.6 Å². The molecule has 40 heavy (non-hydrogen) atoms. The van der Waals surface area contributed by atoms with Gasteiger partial charge in [0.05, 0.1) is 16.6 Å². The highest BCUT2D eigenvalue weighted by Crippen LogP contribution is 2.38. The van der Waals surface area contributed by atoms with E-state index in [0.717, 1.165) is 67.2 Å². The summed E-state index contributed by atoms with van der Waals surface area (Å²) in [7, 11) is 0. The summed E-state index contributed by atoms with van der Waals surface area (Å²) in [5, 5.41) is 2.97. The molecule has 5 rings (SSSR count). The number of nitrogens with zero attached hydrogens (tertiary/aromatic N) is 4. The zero-order valence-corrected chi connectivity index (χ0v) is 24.0.